The second-order valence-electron chi connectivity index (χ2n) is 3.14. The van der Waals surface area contributed by atoms with Crippen LogP contribution in [-0.4, -0.2) is 29.2 Å². The first-order valence-electron chi connectivity index (χ1n) is 4.52. The number of halogens is 1. The van der Waals surface area contributed by atoms with Gasteiger partial charge >= 0.3 is 6.01 Å². The predicted octanol–water partition coefficient (Wildman–Crippen LogP) is 1.62. The van der Waals surface area contributed by atoms with Gasteiger partial charge in [0.2, 0.25) is 0 Å². The zero-order chi connectivity index (χ0) is 10.4. The van der Waals surface area contributed by atoms with Crippen LogP contribution in [0, 0.1) is 0 Å². The average molecular weight is 260 g/mol. The van der Waals surface area contributed by atoms with E-state index in [1.54, 1.807) is 12.4 Å². The number of nitrogens with zero attached hydrogens (tertiary/aromatic N) is 2. The number of nitrogens with one attached hydrogen (secondary N) is 1. The van der Waals surface area contributed by atoms with E-state index < -0.39 is 0 Å². The summed E-state index contributed by atoms with van der Waals surface area (Å²) in [5, 5.41) is 3.24. The fourth-order valence-electron chi connectivity index (χ4n) is 0.865. The van der Waals surface area contributed by atoms with Crippen LogP contribution in [0.4, 0.5) is 0 Å². The Bertz CT molecular complexity index is 263. The minimum absolute atomic E-state index is 0.416. The second kappa shape index (κ2) is 5.93. The van der Waals surface area contributed by atoms with Gasteiger partial charge in [0.15, 0.2) is 0 Å². The maximum absolute atomic E-state index is 5.31. The maximum Gasteiger partial charge on any atom is 0.316 e. The average Bonchev–Trinajstić information content (AvgIpc) is 2.15. The van der Waals surface area contributed by atoms with Crippen molar-refractivity contribution in [2.75, 3.05) is 13.2 Å². The van der Waals surface area contributed by atoms with Gasteiger partial charge in [-0.1, -0.05) is 13.8 Å². The highest BCUT2D eigenvalue weighted by Crippen LogP contribution is 2.07. The van der Waals surface area contributed by atoms with Gasteiger partial charge < -0.3 is 10.1 Å². The van der Waals surface area contributed by atoms with Crippen LogP contribution in [-0.2, 0) is 0 Å². The summed E-state index contributed by atoms with van der Waals surface area (Å²) in [6.07, 6.45) is 3.33. The summed E-state index contributed by atoms with van der Waals surface area (Å²) in [7, 11) is 0. The van der Waals surface area contributed by atoms with Gasteiger partial charge in [-0.15, -0.1) is 0 Å². The maximum atomic E-state index is 5.31. The summed E-state index contributed by atoms with van der Waals surface area (Å²) in [6, 6.07) is 0.892. The normalized spacial score (nSPS) is 10.6. The molecule has 1 rings (SSSR count). The lowest BCUT2D eigenvalue weighted by molar-refractivity contribution is 0.285. The van der Waals surface area contributed by atoms with Crippen molar-refractivity contribution in [2.24, 2.45) is 0 Å². The van der Waals surface area contributed by atoms with Crippen LogP contribution < -0.4 is 10.1 Å². The van der Waals surface area contributed by atoms with E-state index in [9.17, 15) is 0 Å². The van der Waals surface area contributed by atoms with Crippen LogP contribution in [0.2, 0.25) is 0 Å². The molecule has 1 aromatic rings. The van der Waals surface area contributed by atoms with E-state index in [-0.39, 0.29) is 0 Å². The molecule has 0 amide bonds. The van der Waals surface area contributed by atoms with E-state index in [1.165, 1.54) is 0 Å². The Morgan fingerprint density at radius 3 is 2.64 bits per heavy atom. The SMILES string of the molecule is CC(C)NCCOc1ncc(Br)cn1. The lowest BCUT2D eigenvalue weighted by Gasteiger charge is -2.08. The van der Waals surface area contributed by atoms with Crippen LogP contribution in [0.25, 0.3) is 0 Å². The van der Waals surface area contributed by atoms with Crippen molar-refractivity contribution in [3.05, 3.63) is 16.9 Å². The van der Waals surface area contributed by atoms with E-state index in [0.717, 1.165) is 11.0 Å². The minimum atomic E-state index is 0.416. The summed E-state index contributed by atoms with van der Waals surface area (Å²) < 4.78 is 6.16. The van der Waals surface area contributed by atoms with E-state index in [4.69, 9.17) is 4.74 Å². The van der Waals surface area contributed by atoms with Crippen LogP contribution in [0.5, 0.6) is 6.01 Å². The standard InChI is InChI=1S/C9H14BrN3O/c1-7(2)11-3-4-14-9-12-5-8(10)6-13-9/h5-7,11H,3-4H2,1-2H3. The smallest absolute Gasteiger partial charge is 0.316 e. The molecule has 78 valence electrons. The number of hydrogen-bond acceptors (Lipinski definition) is 4. The Labute approximate surface area is 92.2 Å². The van der Waals surface area contributed by atoms with Crippen molar-refractivity contribution in [1.82, 2.24) is 15.3 Å². The highest BCUT2D eigenvalue weighted by Gasteiger charge is 1.97. The lowest BCUT2D eigenvalue weighted by Crippen LogP contribution is -2.27. The summed E-state index contributed by atoms with van der Waals surface area (Å²) in [4.78, 5) is 7.97. The summed E-state index contributed by atoms with van der Waals surface area (Å²) >= 11 is 3.25. The van der Waals surface area contributed by atoms with Gasteiger partial charge in [0, 0.05) is 25.0 Å². The Hall–Kier alpha value is -0.680. The fourth-order valence-corrected chi connectivity index (χ4v) is 1.07. The van der Waals surface area contributed by atoms with Gasteiger partial charge in [0.05, 0.1) is 4.47 Å². The van der Waals surface area contributed by atoms with Gasteiger partial charge in [-0.05, 0) is 15.9 Å². The number of rotatable bonds is 5. The van der Waals surface area contributed by atoms with Gasteiger partial charge in [-0.3, -0.25) is 0 Å². The summed E-state index contributed by atoms with van der Waals surface area (Å²) in [6.45, 7) is 5.57. The Morgan fingerprint density at radius 2 is 2.07 bits per heavy atom. The Balaban J connectivity index is 2.21. The van der Waals surface area contributed by atoms with Gasteiger partial charge in [-0.2, -0.15) is 0 Å². The monoisotopic (exact) mass is 259 g/mol. The van der Waals surface area contributed by atoms with Crippen molar-refractivity contribution in [3.63, 3.8) is 0 Å². The van der Waals surface area contributed by atoms with Gasteiger partial charge in [0.25, 0.3) is 0 Å². The molecule has 0 atom stereocenters. The van der Waals surface area contributed by atoms with Crippen molar-refractivity contribution < 1.29 is 4.74 Å². The minimum Gasteiger partial charge on any atom is -0.462 e. The third-order valence-corrected chi connectivity index (χ3v) is 1.89. The second-order valence-corrected chi connectivity index (χ2v) is 4.06. The molecule has 0 spiro atoms. The number of hydrogen-bond donors (Lipinski definition) is 1. The molecule has 0 saturated carbocycles. The molecule has 0 aliphatic carbocycles. The molecule has 0 fully saturated rings. The topological polar surface area (TPSA) is 47.0 Å². The van der Waals surface area contributed by atoms with E-state index in [2.05, 4.69) is 45.1 Å². The predicted molar refractivity (Wildman–Crippen MR) is 58.4 cm³/mol. The first kappa shape index (κ1) is 11.4. The molecule has 0 aliphatic rings. The Kier molecular flexibility index (Phi) is 4.82. The molecule has 0 unspecified atom stereocenters. The molecule has 1 heterocycles. The molecular formula is C9H14BrN3O. The molecule has 0 saturated heterocycles. The molecular weight excluding hydrogens is 246 g/mol. The van der Waals surface area contributed by atoms with E-state index in [0.29, 0.717) is 18.7 Å². The Morgan fingerprint density at radius 1 is 1.43 bits per heavy atom. The molecule has 0 radical (unpaired) electrons. The van der Waals surface area contributed by atoms with Crippen molar-refractivity contribution in [3.8, 4) is 6.01 Å². The highest BCUT2D eigenvalue weighted by molar-refractivity contribution is 9.10. The summed E-state index contributed by atoms with van der Waals surface area (Å²) in [5.41, 5.74) is 0. The molecule has 0 bridgehead atoms. The molecule has 1 aromatic heterocycles. The zero-order valence-corrected chi connectivity index (χ0v) is 9.91. The highest BCUT2D eigenvalue weighted by atomic mass is 79.9. The van der Waals surface area contributed by atoms with E-state index in [1.807, 2.05) is 0 Å². The third kappa shape index (κ3) is 4.53. The number of aromatic nitrogens is 2. The summed E-state index contributed by atoms with van der Waals surface area (Å²) in [5.74, 6) is 0. The lowest BCUT2D eigenvalue weighted by atomic mass is 10.4. The molecule has 1 N–H and O–H groups in total. The van der Waals surface area contributed by atoms with Gasteiger partial charge in [-0.25, -0.2) is 9.97 Å². The molecule has 5 heteroatoms. The first-order valence-corrected chi connectivity index (χ1v) is 5.31. The molecule has 4 nitrogen and oxygen atoms in total. The van der Waals surface area contributed by atoms with Crippen molar-refractivity contribution >= 4 is 15.9 Å². The number of ether oxygens (including phenoxy) is 1. The first-order chi connectivity index (χ1) is 6.68. The van der Waals surface area contributed by atoms with E-state index >= 15 is 0 Å². The van der Waals surface area contributed by atoms with Gasteiger partial charge in [0.1, 0.15) is 6.61 Å². The van der Waals surface area contributed by atoms with Crippen LogP contribution >= 0.6 is 15.9 Å². The molecule has 0 aliphatic heterocycles. The van der Waals surface area contributed by atoms with Crippen LogP contribution in [0.3, 0.4) is 0 Å². The zero-order valence-electron chi connectivity index (χ0n) is 8.33. The van der Waals surface area contributed by atoms with Crippen molar-refractivity contribution in [1.29, 1.82) is 0 Å². The fraction of sp³-hybridized carbons (Fsp3) is 0.556. The van der Waals surface area contributed by atoms with Crippen LogP contribution in [0.1, 0.15) is 13.8 Å². The van der Waals surface area contributed by atoms with Crippen molar-refractivity contribution in [2.45, 2.75) is 19.9 Å². The third-order valence-electron chi connectivity index (χ3n) is 1.48. The molecule has 14 heavy (non-hydrogen) atoms. The van der Waals surface area contributed by atoms with Crippen LogP contribution in [0.15, 0.2) is 16.9 Å². The molecule has 0 aromatic carbocycles. The largest absolute Gasteiger partial charge is 0.462 e. The quantitative estimate of drug-likeness (QED) is 0.817.